The van der Waals surface area contributed by atoms with E-state index in [1.807, 2.05) is 48.5 Å². The maximum Gasteiger partial charge on any atom is 0.251 e. The van der Waals surface area contributed by atoms with E-state index in [0.717, 1.165) is 33.4 Å². The summed E-state index contributed by atoms with van der Waals surface area (Å²) < 4.78 is 0. The van der Waals surface area contributed by atoms with E-state index in [2.05, 4.69) is 37.8 Å². The third kappa shape index (κ3) is 5.01. The second-order valence-corrected chi connectivity index (χ2v) is 8.01. The summed E-state index contributed by atoms with van der Waals surface area (Å²) in [5.74, 6) is 0.587. The lowest BCUT2D eigenvalue weighted by Crippen LogP contribution is -2.18. The number of nitrogens with one attached hydrogen (secondary N) is 3. The lowest BCUT2D eigenvalue weighted by molar-refractivity contribution is -0.114. The number of benzene rings is 2. The molecule has 0 fully saturated rings. The van der Waals surface area contributed by atoms with Crippen molar-refractivity contribution in [3.8, 4) is 11.3 Å². The normalized spacial score (nSPS) is 11.6. The van der Waals surface area contributed by atoms with Gasteiger partial charge >= 0.3 is 0 Å². The minimum atomic E-state index is -0.131. The van der Waals surface area contributed by atoms with Gasteiger partial charge in [-0.2, -0.15) is 0 Å². The number of amides is 2. The second kappa shape index (κ2) is 10.1. The number of rotatable bonds is 7. The number of carbonyl (C=O) groups excluding carboxylic acids is 2. The molecule has 0 aliphatic rings. The Bertz CT molecular complexity index is 1340. The van der Waals surface area contributed by atoms with Gasteiger partial charge in [0, 0.05) is 55.3 Å². The van der Waals surface area contributed by atoms with Crippen LogP contribution in [0.25, 0.3) is 22.2 Å². The first-order chi connectivity index (χ1) is 16.5. The zero-order chi connectivity index (χ0) is 24.1. The highest BCUT2D eigenvalue weighted by Gasteiger charge is 2.15. The summed E-state index contributed by atoms with van der Waals surface area (Å²) in [6, 6.07) is 17.0. The van der Waals surface area contributed by atoms with Crippen LogP contribution in [0.2, 0.25) is 0 Å². The molecule has 2 amide bonds. The molecule has 0 aliphatic heterocycles. The predicted octanol–water partition coefficient (Wildman–Crippen LogP) is 4.23. The lowest BCUT2D eigenvalue weighted by atomic mass is 9.96. The van der Waals surface area contributed by atoms with Crippen molar-refractivity contribution in [2.75, 3.05) is 24.2 Å². The van der Waals surface area contributed by atoms with Crippen molar-refractivity contribution in [1.29, 1.82) is 0 Å². The van der Waals surface area contributed by atoms with Crippen molar-refractivity contribution in [2.24, 2.45) is 0 Å². The number of anilines is 2. The number of nitrogens with zero attached hydrogens (tertiary/aromatic N) is 3. The zero-order valence-electron chi connectivity index (χ0n) is 19.3. The highest BCUT2D eigenvalue weighted by atomic mass is 16.2. The molecule has 8 nitrogen and oxygen atoms in total. The average molecular weight is 455 g/mol. The van der Waals surface area contributed by atoms with E-state index in [1.54, 1.807) is 19.3 Å². The van der Waals surface area contributed by atoms with Crippen molar-refractivity contribution < 1.29 is 9.59 Å². The van der Waals surface area contributed by atoms with Gasteiger partial charge in [-0.25, -0.2) is 9.97 Å². The van der Waals surface area contributed by atoms with Gasteiger partial charge in [-0.1, -0.05) is 37.3 Å². The third-order valence-corrected chi connectivity index (χ3v) is 5.56. The standard InChI is InChI=1S/C26H26N6O2/c1-16(20-5-4-6-21-22(26(34)27-3)11-12-28-25(20)21)14-29-24-13-23(30-15-31-24)18-7-9-19(10-8-18)32-17(2)33/h4-13,15-16H,14H2,1-3H3,(H,27,34)(H,32,33)(H,29,30,31)/t16-/m1/s1. The smallest absolute Gasteiger partial charge is 0.251 e. The van der Waals surface area contributed by atoms with Crippen LogP contribution in [-0.4, -0.2) is 40.4 Å². The number of hydrogen-bond donors (Lipinski definition) is 3. The average Bonchev–Trinajstić information content (AvgIpc) is 2.86. The van der Waals surface area contributed by atoms with E-state index in [-0.39, 0.29) is 17.7 Å². The Morgan fingerprint density at radius 3 is 2.53 bits per heavy atom. The molecule has 172 valence electrons. The van der Waals surface area contributed by atoms with Gasteiger partial charge in [0.25, 0.3) is 5.91 Å². The molecule has 4 rings (SSSR count). The molecule has 0 saturated heterocycles. The van der Waals surface area contributed by atoms with Gasteiger partial charge in [-0.3, -0.25) is 14.6 Å². The van der Waals surface area contributed by atoms with Crippen LogP contribution in [-0.2, 0) is 4.79 Å². The summed E-state index contributed by atoms with van der Waals surface area (Å²) in [6.45, 7) is 4.22. The number of fused-ring (bicyclic) bond motifs is 1. The quantitative estimate of drug-likeness (QED) is 0.386. The van der Waals surface area contributed by atoms with Crippen LogP contribution < -0.4 is 16.0 Å². The fraction of sp³-hybridized carbons (Fsp3) is 0.192. The highest BCUT2D eigenvalue weighted by molar-refractivity contribution is 6.06. The van der Waals surface area contributed by atoms with E-state index >= 15 is 0 Å². The van der Waals surface area contributed by atoms with E-state index in [9.17, 15) is 9.59 Å². The van der Waals surface area contributed by atoms with Crippen LogP contribution in [0.3, 0.4) is 0 Å². The molecule has 0 spiro atoms. The van der Waals surface area contributed by atoms with E-state index < -0.39 is 0 Å². The Hall–Kier alpha value is -4.33. The fourth-order valence-electron chi connectivity index (χ4n) is 3.84. The van der Waals surface area contributed by atoms with Gasteiger partial charge in [0.2, 0.25) is 5.91 Å². The number of hydrogen-bond acceptors (Lipinski definition) is 6. The van der Waals surface area contributed by atoms with Gasteiger partial charge in [-0.15, -0.1) is 0 Å². The van der Waals surface area contributed by atoms with Gasteiger partial charge in [0.1, 0.15) is 12.1 Å². The number of pyridine rings is 1. The van der Waals surface area contributed by atoms with E-state index in [1.165, 1.54) is 13.3 Å². The summed E-state index contributed by atoms with van der Waals surface area (Å²) >= 11 is 0. The molecule has 8 heteroatoms. The molecule has 2 aromatic heterocycles. The van der Waals surface area contributed by atoms with Crippen molar-refractivity contribution >= 4 is 34.2 Å². The van der Waals surface area contributed by atoms with Crippen LogP contribution in [0.1, 0.15) is 35.7 Å². The summed E-state index contributed by atoms with van der Waals surface area (Å²) in [7, 11) is 1.62. The van der Waals surface area contributed by atoms with Crippen molar-refractivity contribution in [2.45, 2.75) is 19.8 Å². The molecule has 0 saturated carbocycles. The first-order valence-electron chi connectivity index (χ1n) is 11.0. The summed E-state index contributed by atoms with van der Waals surface area (Å²) in [5.41, 5.74) is 4.92. The minimum Gasteiger partial charge on any atom is -0.369 e. The maximum absolute atomic E-state index is 12.2. The van der Waals surface area contributed by atoms with Crippen molar-refractivity contribution in [3.63, 3.8) is 0 Å². The molecular weight excluding hydrogens is 428 g/mol. The van der Waals surface area contributed by atoms with Gasteiger partial charge in [-0.05, 0) is 23.8 Å². The molecule has 4 aromatic rings. The molecule has 3 N–H and O–H groups in total. The molecule has 1 atom stereocenters. The summed E-state index contributed by atoms with van der Waals surface area (Å²) in [6.07, 6.45) is 3.20. The topological polar surface area (TPSA) is 109 Å². The Morgan fingerprint density at radius 1 is 1.00 bits per heavy atom. The van der Waals surface area contributed by atoms with Crippen LogP contribution in [0.4, 0.5) is 11.5 Å². The van der Waals surface area contributed by atoms with Crippen molar-refractivity contribution in [1.82, 2.24) is 20.3 Å². The first kappa shape index (κ1) is 22.8. The highest BCUT2D eigenvalue weighted by Crippen LogP contribution is 2.27. The van der Waals surface area contributed by atoms with Gasteiger partial charge < -0.3 is 16.0 Å². The second-order valence-electron chi connectivity index (χ2n) is 8.01. The third-order valence-electron chi connectivity index (χ3n) is 5.56. The molecule has 0 bridgehead atoms. The Balaban J connectivity index is 1.51. The largest absolute Gasteiger partial charge is 0.369 e. The SMILES string of the molecule is CNC(=O)c1ccnc2c([C@H](C)CNc3cc(-c4ccc(NC(C)=O)cc4)ncn3)cccc12. The predicted molar refractivity (Wildman–Crippen MR) is 134 cm³/mol. The van der Waals surface area contributed by atoms with Crippen LogP contribution in [0.15, 0.2) is 67.1 Å². The zero-order valence-corrected chi connectivity index (χ0v) is 19.3. The van der Waals surface area contributed by atoms with Gasteiger partial charge in [0.05, 0.1) is 16.8 Å². The number of aromatic nitrogens is 3. The van der Waals surface area contributed by atoms with Crippen LogP contribution in [0, 0.1) is 0 Å². The number of carbonyl (C=O) groups is 2. The molecule has 0 aliphatic carbocycles. The Kier molecular flexibility index (Phi) is 6.77. The first-order valence-corrected chi connectivity index (χ1v) is 11.0. The fourth-order valence-corrected chi connectivity index (χ4v) is 3.84. The van der Waals surface area contributed by atoms with E-state index in [0.29, 0.717) is 17.9 Å². The molecule has 0 unspecified atom stereocenters. The summed E-state index contributed by atoms with van der Waals surface area (Å²) in [5, 5.41) is 9.66. The maximum atomic E-state index is 12.2. The van der Waals surface area contributed by atoms with Crippen LogP contribution in [0.5, 0.6) is 0 Å². The lowest BCUT2D eigenvalue weighted by Gasteiger charge is -2.16. The monoisotopic (exact) mass is 454 g/mol. The molecule has 34 heavy (non-hydrogen) atoms. The molecule has 0 radical (unpaired) electrons. The molecular formula is C26H26N6O2. The van der Waals surface area contributed by atoms with Crippen molar-refractivity contribution in [3.05, 3.63) is 78.2 Å². The number of para-hydroxylation sites is 1. The summed E-state index contributed by atoms with van der Waals surface area (Å²) in [4.78, 5) is 36.7. The van der Waals surface area contributed by atoms with E-state index in [4.69, 9.17) is 0 Å². The molecule has 2 aromatic carbocycles. The minimum absolute atomic E-state index is 0.110. The molecule has 2 heterocycles. The Labute approximate surface area is 197 Å². The van der Waals surface area contributed by atoms with Crippen LogP contribution >= 0.6 is 0 Å². The Morgan fingerprint density at radius 2 is 1.79 bits per heavy atom. The van der Waals surface area contributed by atoms with Gasteiger partial charge in [0.15, 0.2) is 0 Å².